The first-order valence-corrected chi connectivity index (χ1v) is 19.4. The van der Waals surface area contributed by atoms with Crippen molar-refractivity contribution in [3.8, 4) is 22.3 Å². The second kappa shape index (κ2) is 14.2. The molecule has 2 heteroatoms. The van der Waals surface area contributed by atoms with Crippen LogP contribution in [0.5, 0.6) is 0 Å². The van der Waals surface area contributed by atoms with Crippen LogP contribution < -0.4 is 10.2 Å². The van der Waals surface area contributed by atoms with Crippen LogP contribution >= 0.6 is 0 Å². The second-order valence-electron chi connectivity index (χ2n) is 15.4. The number of fused-ring (bicyclic) bond motifs is 6. The van der Waals surface area contributed by atoms with Crippen molar-refractivity contribution in [1.82, 2.24) is 5.32 Å². The van der Waals surface area contributed by atoms with Gasteiger partial charge in [0.2, 0.25) is 0 Å². The number of nitrogens with one attached hydrogen (secondary N) is 1. The molecule has 0 saturated carbocycles. The van der Waals surface area contributed by atoms with E-state index in [1.807, 2.05) is 7.05 Å². The van der Waals surface area contributed by atoms with Gasteiger partial charge in [0, 0.05) is 34.8 Å². The number of rotatable bonds is 4. The number of hydrogen-bond acceptors (Lipinski definition) is 2. The summed E-state index contributed by atoms with van der Waals surface area (Å²) in [5, 5.41) is 3.52. The number of anilines is 2. The summed E-state index contributed by atoms with van der Waals surface area (Å²) >= 11 is 0. The summed E-state index contributed by atoms with van der Waals surface area (Å²) < 4.78 is 0. The molecule has 1 heterocycles. The Labute approximate surface area is 326 Å². The van der Waals surface area contributed by atoms with Gasteiger partial charge >= 0.3 is 0 Å². The smallest absolute Gasteiger partial charge is 0.0540 e. The zero-order valence-corrected chi connectivity index (χ0v) is 31.8. The third-order valence-electron chi connectivity index (χ3n) is 11.9. The Balaban J connectivity index is 0.000000220. The first-order chi connectivity index (χ1) is 26.9. The van der Waals surface area contributed by atoms with Gasteiger partial charge in [0.1, 0.15) is 0 Å². The highest BCUT2D eigenvalue weighted by Gasteiger charge is 2.34. The lowest BCUT2D eigenvalue weighted by molar-refractivity contribution is 0.605. The third kappa shape index (κ3) is 6.13. The Bertz CT molecular complexity index is 2510. The molecule has 268 valence electrons. The molecule has 1 aliphatic heterocycles. The standard InChI is InChI=1S/C38H32N2.C15H14/c1-26-28-15-10-22-40(37-19-9-18-34(38(26)37)33-17-7-6-13-30(33)23-28)32-16-8-14-31(24-32)35-25-29(20-21-36(35)39-2)27-11-4-3-5-12-27;1-15(2)13-9-5-3-7-11(13)12-8-4-6-10-14(12)15/h3-22,24-25,35-36,39H,1,23H2,2H3;3-10H,1-2H3/b22-10-,28-15-;. The van der Waals surface area contributed by atoms with Crippen molar-refractivity contribution in [2.45, 2.75) is 37.6 Å². The van der Waals surface area contributed by atoms with Gasteiger partial charge in [0.25, 0.3) is 0 Å². The van der Waals surface area contributed by atoms with Crippen LogP contribution in [0.15, 0.2) is 194 Å². The maximum absolute atomic E-state index is 4.62. The Morgan fingerprint density at radius 1 is 0.691 bits per heavy atom. The van der Waals surface area contributed by atoms with E-state index in [2.05, 4.69) is 213 Å². The van der Waals surface area contributed by atoms with Crippen LogP contribution in [-0.2, 0) is 11.8 Å². The average Bonchev–Trinajstić information content (AvgIpc) is 3.38. The van der Waals surface area contributed by atoms with E-state index in [0.717, 1.165) is 23.4 Å². The van der Waals surface area contributed by atoms with Gasteiger partial charge in [-0.3, -0.25) is 0 Å². The van der Waals surface area contributed by atoms with Crippen LogP contribution in [0, 0.1) is 0 Å². The number of allylic oxidation sites excluding steroid dienone is 6. The Morgan fingerprint density at radius 2 is 1.35 bits per heavy atom. The first-order valence-electron chi connectivity index (χ1n) is 19.4. The molecule has 0 aromatic heterocycles. The summed E-state index contributed by atoms with van der Waals surface area (Å²) in [6, 6.07) is 52.7. The van der Waals surface area contributed by atoms with Crippen molar-refractivity contribution < 1.29 is 0 Å². The lowest BCUT2D eigenvalue weighted by Gasteiger charge is -2.30. The summed E-state index contributed by atoms with van der Waals surface area (Å²) in [4.78, 5) is 2.32. The predicted molar refractivity (Wildman–Crippen MR) is 234 cm³/mol. The van der Waals surface area contributed by atoms with E-state index in [1.54, 1.807) is 0 Å². The van der Waals surface area contributed by atoms with Crippen LogP contribution in [0.25, 0.3) is 33.4 Å². The normalized spacial score (nSPS) is 19.8. The number of likely N-dealkylation sites (N-methyl/N-ethyl adjacent to an activating group) is 1. The van der Waals surface area contributed by atoms with Crippen LogP contribution in [0.4, 0.5) is 11.4 Å². The van der Waals surface area contributed by atoms with E-state index in [0.29, 0.717) is 0 Å². The number of nitrogens with zero attached hydrogens (tertiary/aromatic N) is 1. The van der Waals surface area contributed by atoms with Gasteiger partial charge in [0.15, 0.2) is 0 Å². The zero-order chi connectivity index (χ0) is 37.5. The lowest BCUT2D eigenvalue weighted by atomic mass is 9.82. The molecule has 6 aromatic carbocycles. The summed E-state index contributed by atoms with van der Waals surface area (Å²) in [6.07, 6.45) is 14.4. The molecule has 55 heavy (non-hydrogen) atoms. The topological polar surface area (TPSA) is 15.3 Å². The maximum Gasteiger partial charge on any atom is 0.0540 e. The van der Waals surface area contributed by atoms with Crippen molar-refractivity contribution in [3.63, 3.8) is 0 Å². The van der Waals surface area contributed by atoms with Gasteiger partial charge in [-0.1, -0.05) is 172 Å². The Hall–Kier alpha value is -6.22. The summed E-state index contributed by atoms with van der Waals surface area (Å²) in [5.41, 5.74) is 19.4. The molecule has 2 atom stereocenters. The van der Waals surface area contributed by atoms with Gasteiger partial charge in [-0.15, -0.1) is 0 Å². The van der Waals surface area contributed by atoms with E-state index in [-0.39, 0.29) is 17.4 Å². The molecule has 6 aromatic rings. The molecule has 0 fully saturated rings. The molecule has 0 amide bonds. The van der Waals surface area contributed by atoms with Crippen molar-refractivity contribution >= 4 is 22.5 Å². The second-order valence-corrected chi connectivity index (χ2v) is 15.4. The summed E-state index contributed by atoms with van der Waals surface area (Å²) in [7, 11) is 2.04. The van der Waals surface area contributed by atoms with Crippen molar-refractivity contribution in [3.05, 3.63) is 228 Å². The van der Waals surface area contributed by atoms with Crippen LogP contribution in [-0.4, -0.2) is 13.1 Å². The average molecular weight is 711 g/mol. The molecule has 4 aliphatic rings. The quantitative estimate of drug-likeness (QED) is 0.196. The monoisotopic (exact) mass is 710 g/mol. The highest BCUT2D eigenvalue weighted by molar-refractivity contribution is 5.98. The highest BCUT2D eigenvalue weighted by Crippen LogP contribution is 2.49. The Morgan fingerprint density at radius 3 is 2.09 bits per heavy atom. The minimum atomic E-state index is 0.160. The molecule has 2 unspecified atom stereocenters. The molecule has 1 N–H and O–H groups in total. The van der Waals surface area contributed by atoms with E-state index in [9.17, 15) is 0 Å². The van der Waals surface area contributed by atoms with Gasteiger partial charge in [-0.05, 0) is 105 Å². The molecule has 2 nitrogen and oxygen atoms in total. The molecule has 10 rings (SSSR count). The third-order valence-corrected chi connectivity index (χ3v) is 11.9. The predicted octanol–water partition coefficient (Wildman–Crippen LogP) is 12.8. The zero-order valence-electron chi connectivity index (χ0n) is 31.8. The van der Waals surface area contributed by atoms with E-state index >= 15 is 0 Å². The molecule has 0 spiro atoms. The molecule has 0 radical (unpaired) electrons. The van der Waals surface area contributed by atoms with Gasteiger partial charge in [-0.25, -0.2) is 0 Å². The fourth-order valence-corrected chi connectivity index (χ4v) is 9.04. The lowest BCUT2D eigenvalue weighted by Crippen LogP contribution is -2.31. The van der Waals surface area contributed by atoms with Gasteiger partial charge in [-0.2, -0.15) is 0 Å². The van der Waals surface area contributed by atoms with Crippen LogP contribution in [0.1, 0.15) is 53.1 Å². The number of benzene rings is 6. The number of hydrogen-bond donors (Lipinski definition) is 1. The van der Waals surface area contributed by atoms with E-state index in [1.165, 1.54) is 66.8 Å². The largest absolute Gasteiger partial charge is 0.317 e. The minimum absolute atomic E-state index is 0.160. The fourth-order valence-electron chi connectivity index (χ4n) is 9.04. The molecule has 2 bridgehead atoms. The van der Waals surface area contributed by atoms with Crippen LogP contribution in [0.2, 0.25) is 0 Å². The Kier molecular flexibility index (Phi) is 8.92. The molecule has 3 aliphatic carbocycles. The highest BCUT2D eigenvalue weighted by atomic mass is 15.1. The SMILES string of the molecule is C=C1/C2=C\C=C/N(c3cccc(C4C=C(c5ccccc5)C=CC4NC)c3)c3cccc(c31)-c1ccccc1C2.CC1(C)c2ccccc2-c2ccccc21. The van der Waals surface area contributed by atoms with Crippen molar-refractivity contribution in [1.29, 1.82) is 0 Å². The van der Waals surface area contributed by atoms with E-state index in [4.69, 9.17) is 0 Å². The summed E-state index contributed by atoms with van der Waals surface area (Å²) in [6.45, 7) is 9.22. The van der Waals surface area contributed by atoms with Crippen molar-refractivity contribution in [2.24, 2.45) is 0 Å². The maximum atomic E-state index is 4.62. The van der Waals surface area contributed by atoms with Crippen molar-refractivity contribution in [2.75, 3.05) is 11.9 Å². The van der Waals surface area contributed by atoms with Gasteiger partial charge < -0.3 is 10.2 Å². The molecule has 0 saturated heterocycles. The fraction of sp³-hybridized carbons (Fsp3) is 0.132. The molecular weight excluding hydrogens is 665 g/mol. The van der Waals surface area contributed by atoms with E-state index < -0.39 is 0 Å². The molecular formula is C53H46N2. The van der Waals surface area contributed by atoms with Crippen LogP contribution in [0.3, 0.4) is 0 Å². The minimum Gasteiger partial charge on any atom is -0.317 e. The van der Waals surface area contributed by atoms with Gasteiger partial charge in [0.05, 0.1) is 5.69 Å². The summed E-state index contributed by atoms with van der Waals surface area (Å²) in [5.74, 6) is 0.213. The first kappa shape index (κ1) is 34.5.